The minimum Gasteiger partial charge on any atom is -0.375 e. The first kappa shape index (κ1) is 13.2. The van der Waals surface area contributed by atoms with Crippen LogP contribution in [0.1, 0.15) is 35.8 Å². The summed E-state index contributed by atoms with van der Waals surface area (Å²) in [5.41, 5.74) is 4.40. The third kappa shape index (κ3) is 2.42. The molecule has 0 aliphatic heterocycles. The Hall–Kier alpha value is -1.84. The fourth-order valence-corrected chi connectivity index (χ4v) is 2.71. The predicted molar refractivity (Wildman–Crippen MR) is 78.2 cm³/mol. The van der Waals surface area contributed by atoms with Crippen molar-refractivity contribution in [3.05, 3.63) is 47.0 Å². The Morgan fingerprint density at radius 1 is 1.25 bits per heavy atom. The Morgan fingerprint density at radius 2 is 1.90 bits per heavy atom. The molecule has 1 heterocycles. The molecule has 4 heteroatoms. The first-order valence-electron chi connectivity index (χ1n) is 7.08. The molecule has 1 atom stereocenters. The molecule has 3 nitrogen and oxygen atoms in total. The van der Waals surface area contributed by atoms with E-state index in [1.807, 2.05) is 30.8 Å². The second-order valence-corrected chi connectivity index (χ2v) is 5.68. The average molecular weight is 273 g/mol. The molecule has 1 aliphatic rings. The van der Waals surface area contributed by atoms with Gasteiger partial charge in [0.1, 0.15) is 5.82 Å². The van der Waals surface area contributed by atoms with Crippen molar-refractivity contribution in [1.29, 1.82) is 0 Å². The normalized spacial score (nSPS) is 16.2. The summed E-state index contributed by atoms with van der Waals surface area (Å²) in [6.45, 7) is 4.08. The van der Waals surface area contributed by atoms with E-state index in [9.17, 15) is 4.39 Å². The molecule has 1 saturated carbocycles. The average Bonchev–Trinajstić information content (AvgIpc) is 3.21. The van der Waals surface area contributed by atoms with Gasteiger partial charge in [-0.3, -0.25) is 4.68 Å². The number of nitrogens with zero attached hydrogens (tertiary/aromatic N) is 2. The molecular formula is C16H20FN3. The van der Waals surface area contributed by atoms with Crippen molar-refractivity contribution in [2.24, 2.45) is 13.0 Å². The molecule has 1 aromatic carbocycles. The Labute approximate surface area is 118 Å². The van der Waals surface area contributed by atoms with Gasteiger partial charge in [-0.15, -0.1) is 0 Å². The Kier molecular flexibility index (Phi) is 3.24. The lowest BCUT2D eigenvalue weighted by Gasteiger charge is -2.20. The van der Waals surface area contributed by atoms with Gasteiger partial charge in [-0.05, 0) is 50.3 Å². The fourth-order valence-electron chi connectivity index (χ4n) is 2.71. The van der Waals surface area contributed by atoms with E-state index >= 15 is 0 Å². The molecule has 20 heavy (non-hydrogen) atoms. The maximum Gasteiger partial charge on any atom is 0.123 e. The van der Waals surface area contributed by atoms with Gasteiger partial charge >= 0.3 is 0 Å². The maximum atomic E-state index is 13.1. The number of aromatic nitrogens is 2. The monoisotopic (exact) mass is 273 g/mol. The summed E-state index contributed by atoms with van der Waals surface area (Å²) in [5.74, 6) is 0.455. The molecule has 1 fully saturated rings. The first-order chi connectivity index (χ1) is 9.56. The van der Waals surface area contributed by atoms with Gasteiger partial charge in [0.05, 0.1) is 23.1 Å². The van der Waals surface area contributed by atoms with Gasteiger partial charge in [0.2, 0.25) is 0 Å². The highest BCUT2D eigenvalue weighted by Gasteiger charge is 2.33. The van der Waals surface area contributed by atoms with E-state index in [0.29, 0.717) is 5.92 Å². The van der Waals surface area contributed by atoms with Crippen molar-refractivity contribution in [2.45, 2.75) is 32.7 Å². The summed E-state index contributed by atoms with van der Waals surface area (Å²) in [6.07, 6.45) is 2.46. The molecule has 1 aromatic heterocycles. The molecule has 0 spiro atoms. The van der Waals surface area contributed by atoms with Crippen molar-refractivity contribution in [1.82, 2.24) is 9.78 Å². The third-order valence-corrected chi connectivity index (χ3v) is 4.13. The highest BCUT2D eigenvalue weighted by atomic mass is 19.1. The topological polar surface area (TPSA) is 29.9 Å². The molecule has 2 aromatic rings. The SMILES string of the molecule is Cc1nn(C)c(C)c1NC(c1ccc(F)cc1)C1CC1. The van der Waals surface area contributed by atoms with Crippen LogP contribution in [0.25, 0.3) is 0 Å². The van der Waals surface area contributed by atoms with Crippen LogP contribution >= 0.6 is 0 Å². The lowest BCUT2D eigenvalue weighted by Crippen LogP contribution is -2.14. The van der Waals surface area contributed by atoms with Crippen LogP contribution in [0.5, 0.6) is 0 Å². The van der Waals surface area contributed by atoms with Crippen LogP contribution in [0.15, 0.2) is 24.3 Å². The van der Waals surface area contributed by atoms with Crippen LogP contribution in [-0.4, -0.2) is 9.78 Å². The van der Waals surface area contributed by atoms with Crippen LogP contribution in [0.4, 0.5) is 10.1 Å². The summed E-state index contributed by atoms with van der Waals surface area (Å²) in [6, 6.07) is 7.08. The van der Waals surface area contributed by atoms with E-state index in [4.69, 9.17) is 0 Å². The molecule has 0 bridgehead atoms. The summed E-state index contributed by atoms with van der Waals surface area (Å²) in [5, 5.41) is 8.07. The molecule has 0 radical (unpaired) electrons. The van der Waals surface area contributed by atoms with Crippen LogP contribution < -0.4 is 5.32 Å². The number of nitrogens with one attached hydrogen (secondary N) is 1. The van der Waals surface area contributed by atoms with Gasteiger partial charge in [-0.25, -0.2) is 4.39 Å². The predicted octanol–water partition coefficient (Wildman–Crippen LogP) is 3.74. The fraction of sp³-hybridized carbons (Fsp3) is 0.438. The van der Waals surface area contributed by atoms with Gasteiger partial charge in [-0.2, -0.15) is 5.10 Å². The van der Waals surface area contributed by atoms with Crippen molar-refractivity contribution >= 4 is 5.69 Å². The lowest BCUT2D eigenvalue weighted by molar-refractivity contribution is 0.622. The first-order valence-corrected chi connectivity index (χ1v) is 7.08. The number of benzene rings is 1. The van der Waals surface area contributed by atoms with E-state index in [0.717, 1.165) is 22.6 Å². The van der Waals surface area contributed by atoms with Gasteiger partial charge < -0.3 is 5.32 Å². The van der Waals surface area contributed by atoms with Crippen molar-refractivity contribution in [2.75, 3.05) is 5.32 Å². The van der Waals surface area contributed by atoms with Crippen molar-refractivity contribution in [3.8, 4) is 0 Å². The zero-order valence-corrected chi connectivity index (χ0v) is 12.2. The van der Waals surface area contributed by atoms with E-state index in [-0.39, 0.29) is 11.9 Å². The zero-order chi connectivity index (χ0) is 14.3. The number of hydrogen-bond donors (Lipinski definition) is 1. The summed E-state index contributed by atoms with van der Waals surface area (Å²) in [7, 11) is 1.96. The number of aryl methyl sites for hydroxylation is 2. The molecule has 1 N–H and O–H groups in total. The second kappa shape index (κ2) is 4.93. The summed E-state index contributed by atoms with van der Waals surface area (Å²) in [4.78, 5) is 0. The van der Waals surface area contributed by atoms with Crippen LogP contribution in [0.3, 0.4) is 0 Å². The molecular weight excluding hydrogens is 253 g/mol. The van der Waals surface area contributed by atoms with Crippen molar-refractivity contribution < 1.29 is 4.39 Å². The van der Waals surface area contributed by atoms with Crippen LogP contribution in [0.2, 0.25) is 0 Å². The largest absolute Gasteiger partial charge is 0.375 e. The summed E-state index contributed by atoms with van der Waals surface area (Å²) < 4.78 is 15.0. The summed E-state index contributed by atoms with van der Waals surface area (Å²) >= 11 is 0. The van der Waals surface area contributed by atoms with Gasteiger partial charge in [-0.1, -0.05) is 12.1 Å². The van der Waals surface area contributed by atoms with Gasteiger partial charge in [0.15, 0.2) is 0 Å². The molecule has 0 saturated heterocycles. The van der Waals surface area contributed by atoms with Gasteiger partial charge in [0.25, 0.3) is 0 Å². The maximum absolute atomic E-state index is 13.1. The smallest absolute Gasteiger partial charge is 0.123 e. The standard InChI is InChI=1S/C16H20FN3/c1-10-15(11(2)20(3)19-10)18-16(12-4-5-12)13-6-8-14(17)9-7-13/h6-9,12,16,18H,4-5H2,1-3H3. The number of hydrogen-bond acceptors (Lipinski definition) is 2. The molecule has 1 unspecified atom stereocenters. The quantitative estimate of drug-likeness (QED) is 0.919. The zero-order valence-electron chi connectivity index (χ0n) is 12.2. The Balaban J connectivity index is 1.90. The van der Waals surface area contributed by atoms with Crippen molar-refractivity contribution in [3.63, 3.8) is 0 Å². The number of halogens is 1. The van der Waals surface area contributed by atoms with E-state index < -0.39 is 0 Å². The molecule has 3 rings (SSSR count). The van der Waals surface area contributed by atoms with Gasteiger partial charge in [0, 0.05) is 7.05 Å². The number of rotatable bonds is 4. The second-order valence-electron chi connectivity index (χ2n) is 5.68. The minimum absolute atomic E-state index is 0.183. The van der Waals surface area contributed by atoms with Crippen LogP contribution in [0, 0.1) is 25.6 Å². The number of anilines is 1. The molecule has 1 aliphatic carbocycles. The van der Waals surface area contributed by atoms with Crippen LogP contribution in [-0.2, 0) is 7.05 Å². The third-order valence-electron chi connectivity index (χ3n) is 4.13. The Morgan fingerprint density at radius 3 is 2.40 bits per heavy atom. The highest BCUT2D eigenvalue weighted by Crippen LogP contribution is 2.43. The van der Waals surface area contributed by atoms with E-state index in [2.05, 4.69) is 17.3 Å². The lowest BCUT2D eigenvalue weighted by atomic mass is 10.0. The molecule has 106 valence electrons. The minimum atomic E-state index is -0.183. The molecule has 0 amide bonds. The Bertz CT molecular complexity index is 611. The van der Waals surface area contributed by atoms with E-state index in [1.165, 1.54) is 25.0 Å². The van der Waals surface area contributed by atoms with E-state index in [1.54, 1.807) is 0 Å². The highest BCUT2D eigenvalue weighted by molar-refractivity contribution is 5.54.